The van der Waals surface area contributed by atoms with Crippen LogP contribution in [-0.2, 0) is 0 Å². The number of anilines is 1. The Morgan fingerprint density at radius 2 is 2.26 bits per heavy atom. The van der Waals surface area contributed by atoms with Crippen molar-refractivity contribution in [2.45, 2.75) is 0 Å². The molecule has 3 aromatic rings. The van der Waals surface area contributed by atoms with Gasteiger partial charge in [0.05, 0.1) is 16.8 Å². The molecule has 0 radical (unpaired) electrons. The number of amides is 1. The molecule has 19 heavy (non-hydrogen) atoms. The molecule has 0 aromatic carbocycles. The molecular formula is C12H9N5OS. The van der Waals surface area contributed by atoms with Crippen LogP contribution in [0, 0.1) is 0 Å². The van der Waals surface area contributed by atoms with Gasteiger partial charge in [0.15, 0.2) is 5.82 Å². The highest BCUT2D eigenvalue weighted by molar-refractivity contribution is 7.12. The van der Waals surface area contributed by atoms with E-state index in [0.29, 0.717) is 16.4 Å². The van der Waals surface area contributed by atoms with Gasteiger partial charge in [-0.2, -0.15) is 5.10 Å². The molecule has 0 spiro atoms. The lowest BCUT2D eigenvalue weighted by molar-refractivity contribution is 0.103. The number of pyridine rings is 1. The second-order valence-electron chi connectivity index (χ2n) is 3.68. The van der Waals surface area contributed by atoms with Crippen LogP contribution in [0.25, 0.3) is 5.82 Å². The molecule has 0 aliphatic heterocycles. The zero-order valence-corrected chi connectivity index (χ0v) is 10.5. The van der Waals surface area contributed by atoms with E-state index in [1.165, 1.54) is 17.7 Å². The topological polar surface area (TPSA) is 72.7 Å². The molecule has 1 N–H and O–H groups in total. The van der Waals surface area contributed by atoms with E-state index < -0.39 is 0 Å². The Morgan fingerprint density at radius 1 is 1.32 bits per heavy atom. The number of thiophene rings is 1. The van der Waals surface area contributed by atoms with Crippen LogP contribution in [0.5, 0.6) is 0 Å². The summed E-state index contributed by atoms with van der Waals surface area (Å²) in [5.74, 6) is 0.511. The van der Waals surface area contributed by atoms with Gasteiger partial charge in [0.25, 0.3) is 5.91 Å². The Kier molecular flexibility index (Phi) is 3.03. The summed E-state index contributed by atoms with van der Waals surface area (Å²) < 4.78 is 1.55. The molecule has 1 amide bonds. The maximum absolute atomic E-state index is 11.8. The molecule has 0 bridgehead atoms. The number of nitrogens with one attached hydrogen (secondary N) is 1. The third-order valence-corrected chi connectivity index (χ3v) is 3.27. The van der Waals surface area contributed by atoms with Crippen LogP contribution in [0.15, 0.2) is 48.5 Å². The van der Waals surface area contributed by atoms with Gasteiger partial charge in [-0.3, -0.25) is 4.79 Å². The fraction of sp³-hybridized carbons (Fsp3) is 0. The number of hydrogen-bond donors (Lipinski definition) is 1. The Bertz CT molecular complexity index is 661. The zero-order chi connectivity index (χ0) is 13.1. The van der Waals surface area contributed by atoms with E-state index in [0.717, 1.165) is 0 Å². The molecule has 0 aliphatic carbocycles. The van der Waals surface area contributed by atoms with Gasteiger partial charge >= 0.3 is 0 Å². The maximum Gasteiger partial charge on any atom is 0.265 e. The Labute approximate surface area is 112 Å². The van der Waals surface area contributed by atoms with Crippen molar-refractivity contribution >= 4 is 22.9 Å². The lowest BCUT2D eigenvalue weighted by atomic mass is 10.3. The first-order valence-corrected chi connectivity index (χ1v) is 6.37. The molecule has 3 rings (SSSR count). The quantitative estimate of drug-likeness (QED) is 0.790. The fourth-order valence-electron chi connectivity index (χ4n) is 1.52. The van der Waals surface area contributed by atoms with E-state index in [9.17, 15) is 4.79 Å². The summed E-state index contributed by atoms with van der Waals surface area (Å²) in [4.78, 5) is 20.6. The minimum atomic E-state index is -0.134. The summed E-state index contributed by atoms with van der Waals surface area (Å²) in [6.45, 7) is 0. The predicted octanol–water partition coefficient (Wildman–Crippen LogP) is 1.98. The predicted molar refractivity (Wildman–Crippen MR) is 71.4 cm³/mol. The van der Waals surface area contributed by atoms with Crippen LogP contribution in [-0.4, -0.2) is 25.7 Å². The zero-order valence-electron chi connectivity index (χ0n) is 9.72. The first-order chi connectivity index (χ1) is 9.33. The van der Waals surface area contributed by atoms with Crippen LogP contribution in [0.1, 0.15) is 9.67 Å². The highest BCUT2D eigenvalue weighted by Gasteiger charge is 2.07. The smallest absolute Gasteiger partial charge is 0.265 e. The molecule has 0 fully saturated rings. The first-order valence-electron chi connectivity index (χ1n) is 5.49. The van der Waals surface area contributed by atoms with Gasteiger partial charge in [-0.05, 0) is 23.6 Å². The summed E-state index contributed by atoms with van der Waals surface area (Å²) in [7, 11) is 0. The van der Waals surface area contributed by atoms with Gasteiger partial charge in [0.1, 0.15) is 12.7 Å². The third kappa shape index (κ3) is 2.50. The van der Waals surface area contributed by atoms with Crippen LogP contribution in [0.2, 0.25) is 0 Å². The molecule has 0 saturated carbocycles. The average molecular weight is 271 g/mol. The third-order valence-electron chi connectivity index (χ3n) is 2.40. The van der Waals surface area contributed by atoms with Gasteiger partial charge in [-0.25, -0.2) is 14.6 Å². The minimum absolute atomic E-state index is 0.134. The molecule has 94 valence electrons. The van der Waals surface area contributed by atoms with Crippen molar-refractivity contribution in [1.29, 1.82) is 0 Å². The van der Waals surface area contributed by atoms with Crippen LogP contribution >= 0.6 is 11.3 Å². The second kappa shape index (κ2) is 4.99. The molecule has 6 nitrogen and oxygen atoms in total. The van der Waals surface area contributed by atoms with E-state index >= 15 is 0 Å². The minimum Gasteiger partial charge on any atom is -0.320 e. The van der Waals surface area contributed by atoms with Crippen molar-refractivity contribution in [1.82, 2.24) is 19.7 Å². The largest absolute Gasteiger partial charge is 0.320 e. The van der Waals surface area contributed by atoms with Crippen LogP contribution in [0.4, 0.5) is 5.69 Å². The lowest BCUT2D eigenvalue weighted by Crippen LogP contribution is -2.10. The van der Waals surface area contributed by atoms with Crippen molar-refractivity contribution in [3.63, 3.8) is 0 Å². The molecule has 3 heterocycles. The van der Waals surface area contributed by atoms with Crippen molar-refractivity contribution in [3.8, 4) is 5.82 Å². The van der Waals surface area contributed by atoms with Gasteiger partial charge in [0, 0.05) is 0 Å². The number of carbonyl (C=O) groups is 1. The van der Waals surface area contributed by atoms with E-state index in [4.69, 9.17) is 0 Å². The molecule has 7 heteroatoms. The number of nitrogens with zero attached hydrogens (tertiary/aromatic N) is 4. The van der Waals surface area contributed by atoms with E-state index in [2.05, 4.69) is 20.4 Å². The van der Waals surface area contributed by atoms with E-state index in [1.807, 2.05) is 11.4 Å². The number of carbonyl (C=O) groups excluding carboxylic acids is 1. The Morgan fingerprint density at radius 3 is 2.89 bits per heavy atom. The fourth-order valence-corrected chi connectivity index (χ4v) is 2.14. The average Bonchev–Trinajstić information content (AvgIpc) is 3.13. The first kappa shape index (κ1) is 11.5. The van der Waals surface area contributed by atoms with Gasteiger partial charge in [0.2, 0.25) is 0 Å². The number of aromatic nitrogens is 4. The summed E-state index contributed by atoms with van der Waals surface area (Å²) in [6, 6.07) is 7.15. The van der Waals surface area contributed by atoms with E-state index in [-0.39, 0.29) is 5.91 Å². The van der Waals surface area contributed by atoms with Crippen molar-refractivity contribution in [2.24, 2.45) is 0 Å². The second-order valence-corrected chi connectivity index (χ2v) is 4.62. The van der Waals surface area contributed by atoms with E-state index in [1.54, 1.807) is 35.4 Å². The van der Waals surface area contributed by atoms with Crippen molar-refractivity contribution < 1.29 is 4.79 Å². The lowest BCUT2D eigenvalue weighted by Gasteiger charge is -2.04. The molecule has 0 saturated heterocycles. The maximum atomic E-state index is 11.8. The standard InChI is InChI=1S/C12H9N5OS/c18-12(10-2-1-5-19-10)16-9-3-4-11(14-6-9)17-8-13-7-15-17/h1-8H,(H,16,18). The van der Waals surface area contributed by atoms with Gasteiger partial charge in [-0.1, -0.05) is 6.07 Å². The summed E-state index contributed by atoms with van der Waals surface area (Å²) >= 11 is 1.40. The summed E-state index contributed by atoms with van der Waals surface area (Å²) in [5.41, 5.74) is 0.641. The Hall–Kier alpha value is -2.54. The highest BCUT2D eigenvalue weighted by atomic mass is 32.1. The van der Waals surface area contributed by atoms with Crippen LogP contribution < -0.4 is 5.32 Å². The Balaban J connectivity index is 1.75. The molecule has 0 atom stereocenters. The highest BCUT2D eigenvalue weighted by Crippen LogP contribution is 2.13. The molecular weight excluding hydrogens is 262 g/mol. The van der Waals surface area contributed by atoms with Crippen LogP contribution in [0.3, 0.4) is 0 Å². The molecule has 0 aliphatic rings. The van der Waals surface area contributed by atoms with Gasteiger partial charge in [-0.15, -0.1) is 11.3 Å². The normalized spacial score (nSPS) is 10.3. The summed E-state index contributed by atoms with van der Waals surface area (Å²) in [6.07, 6.45) is 4.59. The van der Waals surface area contributed by atoms with Gasteiger partial charge < -0.3 is 5.32 Å². The number of hydrogen-bond acceptors (Lipinski definition) is 5. The number of rotatable bonds is 3. The molecule has 0 unspecified atom stereocenters. The SMILES string of the molecule is O=C(Nc1ccc(-n2cncn2)nc1)c1cccs1. The van der Waals surface area contributed by atoms with Crippen molar-refractivity contribution in [2.75, 3.05) is 5.32 Å². The van der Waals surface area contributed by atoms with Crippen molar-refractivity contribution in [3.05, 3.63) is 53.4 Å². The monoisotopic (exact) mass is 271 g/mol. The summed E-state index contributed by atoms with van der Waals surface area (Å²) in [5, 5.41) is 8.62. The molecule has 3 aromatic heterocycles.